The number of carbonyl (C=O) groups excluding carboxylic acids is 1. The van der Waals surface area contributed by atoms with Gasteiger partial charge in [0.25, 0.3) is 0 Å². The highest BCUT2D eigenvalue weighted by Gasteiger charge is 2.19. The van der Waals surface area contributed by atoms with Crippen molar-refractivity contribution in [3.05, 3.63) is 0 Å². The Morgan fingerprint density at radius 1 is 1.33 bits per heavy atom. The largest absolute Gasteiger partial charge is 0.481 e. The lowest BCUT2D eigenvalue weighted by atomic mass is 9.94. The van der Waals surface area contributed by atoms with Crippen LogP contribution in [-0.2, 0) is 9.59 Å². The van der Waals surface area contributed by atoms with Crippen molar-refractivity contribution in [3.8, 4) is 0 Å². The third kappa shape index (κ3) is 7.27. The quantitative estimate of drug-likeness (QED) is 0.580. The number of carbonyl (C=O) groups is 2. The second-order valence-corrected chi connectivity index (χ2v) is 5.18. The van der Waals surface area contributed by atoms with E-state index in [2.05, 4.69) is 5.32 Å². The molecule has 0 saturated heterocycles. The average Bonchev–Trinajstić information content (AvgIpc) is 2.26. The molecule has 0 bridgehead atoms. The van der Waals surface area contributed by atoms with Crippen molar-refractivity contribution in [2.75, 3.05) is 13.1 Å². The molecule has 0 heterocycles. The molecular formula is C13H26N2O3. The van der Waals surface area contributed by atoms with E-state index in [9.17, 15) is 9.59 Å². The normalized spacial score (nSPS) is 14.3. The van der Waals surface area contributed by atoms with Crippen LogP contribution in [0.3, 0.4) is 0 Å². The van der Waals surface area contributed by atoms with E-state index in [1.807, 2.05) is 20.8 Å². The van der Waals surface area contributed by atoms with Crippen LogP contribution in [0.5, 0.6) is 0 Å². The lowest BCUT2D eigenvalue weighted by Crippen LogP contribution is -2.38. The zero-order valence-corrected chi connectivity index (χ0v) is 11.6. The summed E-state index contributed by atoms with van der Waals surface area (Å²) >= 11 is 0. The Hall–Kier alpha value is -1.10. The smallest absolute Gasteiger partial charge is 0.303 e. The fourth-order valence-electron chi connectivity index (χ4n) is 2.00. The van der Waals surface area contributed by atoms with Crippen molar-refractivity contribution in [2.24, 2.45) is 23.5 Å². The number of nitrogens with one attached hydrogen (secondary N) is 1. The zero-order chi connectivity index (χ0) is 14.1. The molecule has 4 N–H and O–H groups in total. The van der Waals surface area contributed by atoms with Gasteiger partial charge < -0.3 is 16.2 Å². The van der Waals surface area contributed by atoms with Crippen LogP contribution < -0.4 is 11.1 Å². The predicted molar refractivity (Wildman–Crippen MR) is 71.0 cm³/mol. The van der Waals surface area contributed by atoms with E-state index in [1.165, 1.54) is 0 Å². The number of amides is 1. The standard InChI is InChI=1S/C13H26N2O3/c1-4-11(7-14)13(18)15-8-10(5-9(2)3)6-12(16)17/h9-11H,4-8,14H2,1-3H3,(H,15,18)(H,16,17)/t10-,11?/m0/s1. The molecule has 0 aliphatic rings. The van der Waals surface area contributed by atoms with Gasteiger partial charge >= 0.3 is 5.97 Å². The molecule has 1 unspecified atom stereocenters. The van der Waals surface area contributed by atoms with E-state index >= 15 is 0 Å². The third-order valence-corrected chi connectivity index (χ3v) is 2.98. The van der Waals surface area contributed by atoms with Crippen LogP contribution in [0.25, 0.3) is 0 Å². The van der Waals surface area contributed by atoms with Gasteiger partial charge in [-0.1, -0.05) is 20.8 Å². The molecule has 0 saturated carbocycles. The number of carboxylic acids is 1. The Labute approximate surface area is 109 Å². The molecule has 0 radical (unpaired) electrons. The average molecular weight is 258 g/mol. The lowest BCUT2D eigenvalue weighted by Gasteiger charge is -2.19. The first-order valence-corrected chi connectivity index (χ1v) is 6.60. The summed E-state index contributed by atoms with van der Waals surface area (Å²) in [5.74, 6) is -0.654. The van der Waals surface area contributed by atoms with Crippen molar-refractivity contribution in [2.45, 2.75) is 40.0 Å². The molecule has 5 nitrogen and oxygen atoms in total. The molecule has 0 fully saturated rings. The van der Waals surface area contributed by atoms with Gasteiger partial charge in [0.05, 0.1) is 0 Å². The molecule has 5 heteroatoms. The van der Waals surface area contributed by atoms with Crippen molar-refractivity contribution in [1.29, 1.82) is 0 Å². The van der Waals surface area contributed by atoms with E-state index in [4.69, 9.17) is 10.8 Å². The van der Waals surface area contributed by atoms with Crippen molar-refractivity contribution in [1.82, 2.24) is 5.32 Å². The minimum atomic E-state index is -0.819. The summed E-state index contributed by atoms with van der Waals surface area (Å²) in [6.07, 6.45) is 1.60. The maximum absolute atomic E-state index is 11.7. The highest BCUT2D eigenvalue weighted by atomic mass is 16.4. The first-order chi connectivity index (χ1) is 8.40. The zero-order valence-electron chi connectivity index (χ0n) is 11.6. The van der Waals surface area contributed by atoms with Gasteiger partial charge in [-0.2, -0.15) is 0 Å². The Bertz CT molecular complexity index is 263. The van der Waals surface area contributed by atoms with Crippen molar-refractivity contribution in [3.63, 3.8) is 0 Å². The third-order valence-electron chi connectivity index (χ3n) is 2.98. The van der Waals surface area contributed by atoms with Gasteiger partial charge in [-0.15, -0.1) is 0 Å². The summed E-state index contributed by atoms with van der Waals surface area (Å²) in [7, 11) is 0. The fourth-order valence-corrected chi connectivity index (χ4v) is 2.00. The van der Waals surface area contributed by atoms with Gasteiger partial charge in [-0.05, 0) is 24.7 Å². The Morgan fingerprint density at radius 2 is 1.94 bits per heavy atom. The summed E-state index contributed by atoms with van der Waals surface area (Å²) in [6, 6.07) is 0. The Kier molecular flexibility index (Phi) is 8.37. The van der Waals surface area contributed by atoms with Crippen LogP contribution in [0.1, 0.15) is 40.0 Å². The van der Waals surface area contributed by atoms with Gasteiger partial charge in [-0.25, -0.2) is 0 Å². The maximum Gasteiger partial charge on any atom is 0.303 e. The minimum absolute atomic E-state index is 0.0123. The molecule has 0 aliphatic carbocycles. The first kappa shape index (κ1) is 16.9. The van der Waals surface area contributed by atoms with Gasteiger partial charge in [0.2, 0.25) is 5.91 Å². The molecule has 0 spiro atoms. The predicted octanol–water partition coefficient (Wildman–Crippen LogP) is 1.22. The van der Waals surface area contributed by atoms with E-state index < -0.39 is 5.97 Å². The number of carboxylic acid groups (broad SMARTS) is 1. The van der Waals surface area contributed by atoms with Gasteiger partial charge in [-0.3, -0.25) is 9.59 Å². The number of hydrogen-bond acceptors (Lipinski definition) is 3. The van der Waals surface area contributed by atoms with Crippen LogP contribution in [0, 0.1) is 17.8 Å². The maximum atomic E-state index is 11.7. The Balaban J connectivity index is 4.24. The SMILES string of the molecule is CCC(CN)C(=O)NC[C@H](CC(=O)O)CC(C)C. The van der Waals surface area contributed by atoms with Crippen LogP contribution >= 0.6 is 0 Å². The summed E-state index contributed by atoms with van der Waals surface area (Å²) in [4.78, 5) is 22.5. The van der Waals surface area contributed by atoms with E-state index in [0.717, 1.165) is 6.42 Å². The molecule has 0 aromatic rings. The van der Waals surface area contributed by atoms with Crippen LogP contribution in [-0.4, -0.2) is 30.1 Å². The molecule has 0 aromatic heterocycles. The first-order valence-electron chi connectivity index (χ1n) is 6.60. The van der Waals surface area contributed by atoms with Gasteiger partial charge in [0.15, 0.2) is 0 Å². The molecule has 18 heavy (non-hydrogen) atoms. The second-order valence-electron chi connectivity index (χ2n) is 5.18. The summed E-state index contributed by atoms with van der Waals surface area (Å²) in [6.45, 7) is 6.76. The summed E-state index contributed by atoms with van der Waals surface area (Å²) in [5.41, 5.74) is 5.50. The number of aliphatic carboxylic acids is 1. The van der Waals surface area contributed by atoms with Crippen LogP contribution in [0.4, 0.5) is 0 Å². The highest BCUT2D eigenvalue weighted by molar-refractivity contribution is 5.78. The van der Waals surface area contributed by atoms with Crippen LogP contribution in [0.2, 0.25) is 0 Å². The molecule has 2 atom stereocenters. The number of rotatable bonds is 9. The summed E-state index contributed by atoms with van der Waals surface area (Å²) in [5, 5.41) is 11.6. The van der Waals surface area contributed by atoms with Crippen molar-refractivity contribution < 1.29 is 14.7 Å². The minimum Gasteiger partial charge on any atom is -0.481 e. The monoisotopic (exact) mass is 258 g/mol. The molecule has 106 valence electrons. The second kappa shape index (κ2) is 8.91. The highest BCUT2D eigenvalue weighted by Crippen LogP contribution is 2.15. The fraction of sp³-hybridized carbons (Fsp3) is 0.846. The molecule has 0 aliphatic heterocycles. The van der Waals surface area contributed by atoms with Crippen molar-refractivity contribution >= 4 is 11.9 Å². The summed E-state index contributed by atoms with van der Waals surface area (Å²) < 4.78 is 0. The molecule has 0 aromatic carbocycles. The molecule has 0 rings (SSSR count). The van der Waals surface area contributed by atoms with E-state index in [1.54, 1.807) is 0 Å². The van der Waals surface area contributed by atoms with E-state index in [-0.39, 0.29) is 24.2 Å². The van der Waals surface area contributed by atoms with Gasteiger partial charge in [0.1, 0.15) is 0 Å². The molecule has 1 amide bonds. The molecular weight excluding hydrogens is 232 g/mol. The van der Waals surface area contributed by atoms with Crippen LogP contribution in [0.15, 0.2) is 0 Å². The number of nitrogens with two attached hydrogens (primary N) is 1. The Morgan fingerprint density at radius 3 is 2.33 bits per heavy atom. The number of hydrogen-bond donors (Lipinski definition) is 3. The van der Waals surface area contributed by atoms with E-state index in [0.29, 0.717) is 25.4 Å². The topological polar surface area (TPSA) is 92.4 Å². The lowest BCUT2D eigenvalue weighted by molar-refractivity contribution is -0.138. The van der Waals surface area contributed by atoms with Gasteiger partial charge in [0, 0.05) is 25.4 Å².